The first-order valence-corrected chi connectivity index (χ1v) is 4.89. The van der Waals surface area contributed by atoms with Crippen LogP contribution in [0.25, 0.3) is 0 Å². The third-order valence-corrected chi connectivity index (χ3v) is 1.82. The lowest BCUT2D eigenvalue weighted by Crippen LogP contribution is -1.80. The van der Waals surface area contributed by atoms with E-state index in [4.69, 9.17) is 11.6 Å². The number of hydrogen-bond acceptors (Lipinski definition) is 3. The van der Waals surface area contributed by atoms with Gasteiger partial charge in [-0.15, -0.1) is 0 Å². The van der Waals surface area contributed by atoms with E-state index in [1.54, 1.807) is 0 Å². The minimum atomic E-state index is 0.729. The van der Waals surface area contributed by atoms with Gasteiger partial charge in [-0.05, 0) is 18.2 Å². The molecular weight excluding hydrogens is 186 g/mol. The molecule has 0 amide bonds. The molecule has 54 valence electrons. The Labute approximate surface area is 74.1 Å². The van der Waals surface area contributed by atoms with E-state index in [1.165, 1.54) is 11.0 Å². The number of hydrogen-bond donors (Lipinski definition) is 2. The van der Waals surface area contributed by atoms with Crippen LogP contribution in [0.15, 0.2) is 24.3 Å². The molecule has 0 heterocycles. The van der Waals surface area contributed by atoms with Crippen molar-refractivity contribution in [3.05, 3.63) is 29.3 Å². The van der Waals surface area contributed by atoms with E-state index >= 15 is 0 Å². The highest BCUT2D eigenvalue weighted by atomic mass is 35.5. The van der Waals surface area contributed by atoms with Crippen molar-refractivity contribution in [2.45, 2.75) is 0 Å². The van der Waals surface area contributed by atoms with Crippen molar-refractivity contribution in [3.8, 4) is 0 Å². The average molecular weight is 192 g/mol. The summed E-state index contributed by atoms with van der Waals surface area (Å²) in [6, 6.07) is 7.48. The Hall–Kier alpha value is 0.01000. The Bertz CT molecular complexity index is 217. The molecule has 0 saturated heterocycles. The summed E-state index contributed by atoms with van der Waals surface area (Å²) in [7, 11) is 1.25. The zero-order chi connectivity index (χ0) is 7.40. The first-order valence-electron chi connectivity index (χ1n) is 2.65. The van der Waals surface area contributed by atoms with Crippen molar-refractivity contribution in [2.75, 3.05) is 4.72 Å². The molecule has 0 radical (unpaired) electrons. The van der Waals surface area contributed by atoms with Gasteiger partial charge in [0.25, 0.3) is 0 Å². The van der Waals surface area contributed by atoms with Crippen molar-refractivity contribution >= 4 is 39.9 Å². The molecule has 1 rings (SSSR count). The van der Waals surface area contributed by atoms with Gasteiger partial charge in [0.15, 0.2) is 0 Å². The van der Waals surface area contributed by atoms with Crippen molar-refractivity contribution in [1.29, 1.82) is 0 Å². The molecule has 0 aromatic heterocycles. The molecule has 0 fully saturated rings. The van der Waals surface area contributed by atoms with E-state index in [0.29, 0.717) is 0 Å². The molecule has 0 unspecified atom stereocenters. The monoisotopic (exact) mass is 191 g/mol. The third-order valence-electron chi connectivity index (χ3n) is 0.988. The van der Waals surface area contributed by atoms with E-state index in [1.807, 2.05) is 24.3 Å². The maximum Gasteiger partial charge on any atom is 0.0462 e. The Morgan fingerprint density at radius 2 is 2.30 bits per heavy atom. The van der Waals surface area contributed by atoms with Gasteiger partial charge in [-0.1, -0.05) is 29.3 Å². The fourth-order valence-electron chi connectivity index (χ4n) is 0.605. The van der Waals surface area contributed by atoms with Gasteiger partial charge in [0.05, 0.1) is 0 Å². The molecule has 0 aliphatic carbocycles. The molecule has 0 bridgehead atoms. The lowest BCUT2D eigenvalue weighted by Gasteiger charge is -1.99. The van der Waals surface area contributed by atoms with Crippen LogP contribution in [-0.4, -0.2) is 0 Å². The highest BCUT2D eigenvalue weighted by Gasteiger charge is 1.89. The standard InChI is InChI=1S/C6H6ClNS2/c7-5-2-1-3-6(4-5)8-10-9/h1-4,8-9H. The average Bonchev–Trinajstić information content (AvgIpc) is 1.88. The number of halogens is 1. The summed E-state index contributed by atoms with van der Waals surface area (Å²) in [5.74, 6) is 0. The van der Waals surface area contributed by atoms with Crippen LogP contribution >= 0.6 is 34.2 Å². The van der Waals surface area contributed by atoms with Crippen LogP contribution in [-0.2, 0) is 0 Å². The second-order valence-electron chi connectivity index (χ2n) is 1.70. The summed E-state index contributed by atoms with van der Waals surface area (Å²) in [5.41, 5.74) is 0.965. The molecule has 0 aliphatic heterocycles. The van der Waals surface area contributed by atoms with Crippen molar-refractivity contribution < 1.29 is 0 Å². The Morgan fingerprint density at radius 1 is 1.50 bits per heavy atom. The normalized spacial score (nSPS) is 9.40. The summed E-state index contributed by atoms with van der Waals surface area (Å²) < 4.78 is 2.94. The molecule has 0 atom stereocenters. The van der Waals surface area contributed by atoms with E-state index in [2.05, 4.69) is 16.4 Å². The Morgan fingerprint density at radius 3 is 2.90 bits per heavy atom. The maximum absolute atomic E-state index is 5.71. The molecule has 1 aromatic carbocycles. The molecule has 0 saturated carbocycles. The van der Waals surface area contributed by atoms with Crippen LogP contribution in [0.5, 0.6) is 0 Å². The van der Waals surface area contributed by atoms with Gasteiger partial charge >= 0.3 is 0 Å². The van der Waals surface area contributed by atoms with Gasteiger partial charge in [0.1, 0.15) is 0 Å². The Kier molecular flexibility index (Phi) is 3.25. The fraction of sp³-hybridized carbons (Fsp3) is 0. The van der Waals surface area contributed by atoms with Crippen LogP contribution in [0, 0.1) is 0 Å². The number of nitrogens with one attached hydrogen (secondary N) is 1. The van der Waals surface area contributed by atoms with Crippen molar-refractivity contribution in [1.82, 2.24) is 0 Å². The third kappa shape index (κ3) is 2.33. The molecule has 1 aromatic rings. The van der Waals surface area contributed by atoms with Crippen molar-refractivity contribution in [2.24, 2.45) is 0 Å². The lowest BCUT2D eigenvalue weighted by molar-refractivity contribution is 1.69. The number of rotatable bonds is 2. The summed E-state index contributed by atoms with van der Waals surface area (Å²) >= 11 is 9.64. The number of benzene rings is 1. The molecule has 1 N–H and O–H groups in total. The van der Waals surface area contributed by atoms with E-state index in [0.717, 1.165) is 10.7 Å². The highest BCUT2D eigenvalue weighted by Crippen LogP contribution is 2.18. The first-order chi connectivity index (χ1) is 4.83. The minimum Gasteiger partial charge on any atom is -0.321 e. The fourth-order valence-corrected chi connectivity index (χ4v) is 1.34. The zero-order valence-corrected chi connectivity index (χ0v) is 7.51. The smallest absolute Gasteiger partial charge is 0.0462 e. The Balaban J connectivity index is 2.75. The predicted octanol–water partition coefficient (Wildman–Crippen LogP) is 3.24. The number of thiol groups is 1. The molecule has 0 aliphatic rings. The van der Waals surface area contributed by atoms with Crippen LogP contribution in [0.4, 0.5) is 5.69 Å². The zero-order valence-electron chi connectivity index (χ0n) is 5.04. The van der Waals surface area contributed by atoms with Gasteiger partial charge < -0.3 is 4.72 Å². The minimum absolute atomic E-state index is 0.729. The number of anilines is 1. The van der Waals surface area contributed by atoms with E-state index in [9.17, 15) is 0 Å². The molecule has 1 nitrogen and oxygen atoms in total. The highest BCUT2D eigenvalue weighted by molar-refractivity contribution is 8.69. The van der Waals surface area contributed by atoms with Gasteiger partial charge in [-0.2, -0.15) is 0 Å². The van der Waals surface area contributed by atoms with Gasteiger partial charge in [-0.3, -0.25) is 0 Å². The van der Waals surface area contributed by atoms with Crippen LogP contribution < -0.4 is 4.72 Å². The predicted molar refractivity (Wildman–Crippen MR) is 51.7 cm³/mol. The summed E-state index contributed by atoms with van der Waals surface area (Å²) in [6.45, 7) is 0. The van der Waals surface area contributed by atoms with Crippen LogP contribution in [0.3, 0.4) is 0 Å². The molecule has 10 heavy (non-hydrogen) atoms. The molecule has 0 spiro atoms. The largest absolute Gasteiger partial charge is 0.321 e. The summed E-state index contributed by atoms with van der Waals surface area (Å²) in [6.07, 6.45) is 0. The van der Waals surface area contributed by atoms with Crippen LogP contribution in [0.1, 0.15) is 0 Å². The van der Waals surface area contributed by atoms with E-state index < -0.39 is 0 Å². The quantitative estimate of drug-likeness (QED) is 0.423. The van der Waals surface area contributed by atoms with Crippen LogP contribution in [0.2, 0.25) is 5.02 Å². The first kappa shape index (κ1) is 8.11. The SMILES string of the molecule is SSNc1cccc(Cl)c1. The second kappa shape index (κ2) is 4.01. The van der Waals surface area contributed by atoms with Gasteiger partial charge in [0.2, 0.25) is 0 Å². The van der Waals surface area contributed by atoms with Gasteiger partial charge in [0, 0.05) is 21.7 Å². The van der Waals surface area contributed by atoms with Gasteiger partial charge in [-0.25, -0.2) is 0 Å². The lowest BCUT2D eigenvalue weighted by atomic mass is 10.3. The summed E-state index contributed by atoms with van der Waals surface area (Å²) in [5, 5.41) is 0.729. The van der Waals surface area contributed by atoms with Crippen molar-refractivity contribution in [3.63, 3.8) is 0 Å². The topological polar surface area (TPSA) is 12.0 Å². The molecule has 4 heteroatoms. The van der Waals surface area contributed by atoms with E-state index in [-0.39, 0.29) is 0 Å². The molecular formula is C6H6ClNS2. The maximum atomic E-state index is 5.71. The second-order valence-corrected chi connectivity index (χ2v) is 3.07. The summed E-state index contributed by atoms with van der Waals surface area (Å²) in [4.78, 5) is 0.